The Balaban J connectivity index is 2.95. The van der Waals surface area contributed by atoms with Crippen LogP contribution in [0.5, 0.6) is 0 Å². The lowest BCUT2D eigenvalue weighted by atomic mass is 10.0. The van der Waals surface area contributed by atoms with Crippen LogP contribution in [-0.4, -0.2) is 24.5 Å². The fourth-order valence-corrected chi connectivity index (χ4v) is 1.49. The van der Waals surface area contributed by atoms with Gasteiger partial charge in [0.1, 0.15) is 11.4 Å². The number of carbonyl (C=O) groups is 2. The Labute approximate surface area is 115 Å². The van der Waals surface area contributed by atoms with Gasteiger partial charge in [-0.25, -0.2) is 9.18 Å². The van der Waals surface area contributed by atoms with Gasteiger partial charge in [-0.1, -0.05) is 0 Å². The van der Waals surface area contributed by atoms with E-state index in [-0.39, 0.29) is 11.3 Å². The lowest BCUT2D eigenvalue weighted by Gasteiger charge is -2.23. The van der Waals surface area contributed by atoms with Gasteiger partial charge in [-0.05, 0) is 32.0 Å². The highest BCUT2D eigenvalue weighted by molar-refractivity contribution is 5.94. The predicted molar refractivity (Wildman–Crippen MR) is 69.2 cm³/mol. The Morgan fingerprint density at radius 1 is 1.40 bits per heavy atom. The van der Waals surface area contributed by atoms with E-state index >= 15 is 0 Å². The first-order valence-corrected chi connectivity index (χ1v) is 5.72. The summed E-state index contributed by atoms with van der Waals surface area (Å²) < 4.78 is 18.0. The van der Waals surface area contributed by atoms with Crippen molar-refractivity contribution >= 4 is 17.6 Å². The summed E-state index contributed by atoms with van der Waals surface area (Å²) >= 11 is 0. The number of nitrogens with zero attached hydrogens (tertiary/aromatic N) is 1. The summed E-state index contributed by atoms with van der Waals surface area (Å²) in [6, 6.07) is 3.84. The number of nitrogens with one attached hydrogen (secondary N) is 2. The molecule has 0 bridgehead atoms. The molecule has 106 valence electrons. The molecule has 1 amide bonds. The number of amides is 1. The molecular weight excluding hydrogens is 265 g/mol. The summed E-state index contributed by atoms with van der Waals surface area (Å²) in [5, 5.41) is 13.4. The first-order chi connectivity index (χ1) is 9.31. The van der Waals surface area contributed by atoms with Crippen molar-refractivity contribution in [3.63, 3.8) is 0 Å². The van der Waals surface area contributed by atoms with Crippen molar-refractivity contribution in [1.29, 1.82) is 5.26 Å². The molecule has 0 saturated heterocycles. The van der Waals surface area contributed by atoms with E-state index in [0.29, 0.717) is 0 Å². The zero-order valence-corrected chi connectivity index (χ0v) is 11.3. The molecule has 0 radical (unpaired) electrons. The molecule has 0 aliphatic carbocycles. The molecule has 1 aromatic rings. The highest BCUT2D eigenvalue weighted by atomic mass is 19.1. The Kier molecular flexibility index (Phi) is 4.64. The van der Waals surface area contributed by atoms with Crippen LogP contribution in [0.1, 0.15) is 24.2 Å². The fourth-order valence-electron chi connectivity index (χ4n) is 1.49. The minimum atomic E-state index is -1.21. The quantitative estimate of drug-likeness (QED) is 0.642. The number of halogens is 1. The van der Waals surface area contributed by atoms with E-state index in [4.69, 9.17) is 5.26 Å². The molecule has 0 aromatic heterocycles. The minimum absolute atomic E-state index is 0.101. The molecule has 1 rings (SSSR count). The topological polar surface area (TPSA) is 91.2 Å². The molecule has 6 nitrogen and oxygen atoms in total. The maximum absolute atomic E-state index is 13.7. The summed E-state index contributed by atoms with van der Waals surface area (Å²) in [6.45, 7) is 2.97. The Morgan fingerprint density at radius 3 is 2.55 bits per heavy atom. The molecule has 0 aliphatic heterocycles. The summed E-state index contributed by atoms with van der Waals surface area (Å²) in [5.74, 6) is -2.06. The van der Waals surface area contributed by atoms with Gasteiger partial charge in [-0.2, -0.15) is 0 Å². The van der Waals surface area contributed by atoms with E-state index in [0.717, 1.165) is 6.07 Å². The third kappa shape index (κ3) is 3.45. The van der Waals surface area contributed by atoms with Crippen LogP contribution in [0.15, 0.2) is 18.2 Å². The van der Waals surface area contributed by atoms with Crippen molar-refractivity contribution in [2.24, 2.45) is 0 Å². The number of anilines is 1. The third-order valence-electron chi connectivity index (χ3n) is 2.55. The largest absolute Gasteiger partial charge is 0.370 e. The van der Waals surface area contributed by atoms with Crippen LogP contribution in [0.25, 0.3) is 0 Å². The van der Waals surface area contributed by atoms with Gasteiger partial charge in [-0.3, -0.25) is 4.79 Å². The lowest BCUT2D eigenvalue weighted by molar-refractivity contribution is -0.141. The van der Waals surface area contributed by atoms with Gasteiger partial charge in [0.2, 0.25) is 0 Å². The van der Waals surface area contributed by atoms with Crippen molar-refractivity contribution in [1.82, 2.24) is 5.32 Å². The maximum Gasteiger partial charge on any atom is 0.346 e. The number of hydrogen-bond donors (Lipinski definition) is 2. The number of esters is 1. The molecule has 0 fully saturated rings. The minimum Gasteiger partial charge on any atom is -0.370 e. The number of ether oxygens (including phenoxy) is 1. The van der Waals surface area contributed by atoms with E-state index in [1.807, 2.05) is 0 Å². The maximum atomic E-state index is 13.7. The molecule has 7 heteroatoms. The number of rotatable bonds is 4. The average Bonchev–Trinajstić information content (AvgIpc) is 2.38. The standard InChI is InChI=1S/C13H14FN3O3/c1-13(2,12(19)20-7-15)17-8-4-5-9(10(14)6-8)11(18)16-3/h4-6,17H,1-3H3,(H,16,18). The highest BCUT2D eigenvalue weighted by Crippen LogP contribution is 2.19. The van der Waals surface area contributed by atoms with E-state index in [1.54, 1.807) is 0 Å². The molecule has 2 N–H and O–H groups in total. The molecule has 20 heavy (non-hydrogen) atoms. The van der Waals surface area contributed by atoms with Crippen molar-refractivity contribution in [2.45, 2.75) is 19.4 Å². The van der Waals surface area contributed by atoms with Gasteiger partial charge in [-0.15, -0.1) is 5.26 Å². The van der Waals surface area contributed by atoms with Crippen LogP contribution in [0, 0.1) is 17.3 Å². The number of nitriles is 1. The monoisotopic (exact) mass is 279 g/mol. The fraction of sp³-hybridized carbons (Fsp3) is 0.308. The van der Waals surface area contributed by atoms with Crippen LogP contribution in [0.3, 0.4) is 0 Å². The van der Waals surface area contributed by atoms with E-state index in [1.165, 1.54) is 39.3 Å². The van der Waals surface area contributed by atoms with Crippen LogP contribution in [0.2, 0.25) is 0 Å². The van der Waals surface area contributed by atoms with Crippen LogP contribution >= 0.6 is 0 Å². The molecular formula is C13H14FN3O3. The van der Waals surface area contributed by atoms with Crippen molar-refractivity contribution in [2.75, 3.05) is 12.4 Å². The second kappa shape index (κ2) is 6.02. The summed E-state index contributed by atoms with van der Waals surface area (Å²) in [4.78, 5) is 22.9. The van der Waals surface area contributed by atoms with Gasteiger partial charge in [0, 0.05) is 12.7 Å². The zero-order valence-electron chi connectivity index (χ0n) is 11.3. The first kappa shape index (κ1) is 15.4. The Hall–Kier alpha value is -2.62. The average molecular weight is 279 g/mol. The molecule has 0 unspecified atom stereocenters. The van der Waals surface area contributed by atoms with Crippen molar-refractivity contribution < 1.29 is 18.7 Å². The SMILES string of the molecule is CNC(=O)c1ccc(NC(C)(C)C(=O)OC#N)cc1F. The summed E-state index contributed by atoms with van der Waals surface area (Å²) in [5.41, 5.74) is -1.03. The normalized spacial score (nSPS) is 10.3. The van der Waals surface area contributed by atoms with E-state index < -0.39 is 23.2 Å². The summed E-state index contributed by atoms with van der Waals surface area (Å²) in [6.07, 6.45) is 1.29. The second-order valence-electron chi connectivity index (χ2n) is 4.50. The molecule has 1 aromatic carbocycles. The lowest BCUT2D eigenvalue weighted by Crippen LogP contribution is -2.41. The van der Waals surface area contributed by atoms with Gasteiger partial charge in [0.15, 0.2) is 0 Å². The Morgan fingerprint density at radius 2 is 2.05 bits per heavy atom. The molecule has 0 atom stereocenters. The van der Waals surface area contributed by atoms with Gasteiger partial charge in [0.25, 0.3) is 12.2 Å². The zero-order chi connectivity index (χ0) is 15.3. The van der Waals surface area contributed by atoms with E-state index in [2.05, 4.69) is 15.4 Å². The highest BCUT2D eigenvalue weighted by Gasteiger charge is 2.30. The Bertz CT molecular complexity index is 579. The number of hydrogen-bond acceptors (Lipinski definition) is 5. The van der Waals surface area contributed by atoms with Crippen LogP contribution < -0.4 is 10.6 Å². The van der Waals surface area contributed by atoms with Crippen molar-refractivity contribution in [3.8, 4) is 6.26 Å². The number of benzene rings is 1. The summed E-state index contributed by atoms with van der Waals surface area (Å²) in [7, 11) is 1.40. The van der Waals surface area contributed by atoms with Gasteiger partial charge < -0.3 is 15.4 Å². The van der Waals surface area contributed by atoms with Crippen LogP contribution in [-0.2, 0) is 9.53 Å². The molecule has 0 spiro atoms. The smallest absolute Gasteiger partial charge is 0.346 e. The van der Waals surface area contributed by atoms with Gasteiger partial charge in [0.05, 0.1) is 5.56 Å². The number of carbonyl (C=O) groups excluding carboxylic acids is 2. The third-order valence-corrected chi connectivity index (χ3v) is 2.55. The van der Waals surface area contributed by atoms with Crippen LogP contribution in [0.4, 0.5) is 10.1 Å². The van der Waals surface area contributed by atoms with Crippen molar-refractivity contribution in [3.05, 3.63) is 29.6 Å². The first-order valence-electron chi connectivity index (χ1n) is 5.72. The van der Waals surface area contributed by atoms with Gasteiger partial charge >= 0.3 is 5.97 Å². The molecule has 0 aliphatic rings. The molecule has 0 saturated carbocycles. The second-order valence-corrected chi connectivity index (χ2v) is 4.50. The molecule has 0 heterocycles. The predicted octanol–water partition coefficient (Wildman–Crippen LogP) is 1.40. The van der Waals surface area contributed by atoms with E-state index in [9.17, 15) is 14.0 Å².